The number of carbonyl (C=O) groups is 2. The molecule has 0 saturated heterocycles. The second-order valence-corrected chi connectivity index (χ2v) is 6.31. The number of benzene rings is 2. The van der Waals surface area contributed by atoms with E-state index in [4.69, 9.17) is 17.0 Å². The quantitative estimate of drug-likeness (QED) is 0.455. The number of carbonyl (C=O) groups excluding carboxylic acids is 2. The van der Waals surface area contributed by atoms with Gasteiger partial charge in [-0.1, -0.05) is 36.4 Å². The highest BCUT2D eigenvalue weighted by molar-refractivity contribution is 7.80. The SMILES string of the molecule is CCOC(=O)C(=O)C1=C(c2ccccc2)NC(=S)N[C@H]1c1ccc(F)cc1F. The fourth-order valence-corrected chi connectivity index (χ4v) is 3.14. The predicted octanol–water partition coefficient (Wildman–Crippen LogP) is 3.03. The maximum Gasteiger partial charge on any atom is 0.379 e. The minimum Gasteiger partial charge on any atom is -0.460 e. The smallest absolute Gasteiger partial charge is 0.379 e. The molecule has 2 N–H and O–H groups in total. The number of thiocarbonyl (C=S) groups is 1. The van der Waals surface area contributed by atoms with Crippen LogP contribution in [-0.2, 0) is 14.3 Å². The van der Waals surface area contributed by atoms with Crippen LogP contribution in [0.25, 0.3) is 5.70 Å². The number of hydrogen-bond donors (Lipinski definition) is 2. The number of halogens is 2. The first-order valence-corrected chi connectivity index (χ1v) is 8.86. The molecule has 0 bridgehead atoms. The van der Waals surface area contributed by atoms with Crippen molar-refractivity contribution in [2.45, 2.75) is 13.0 Å². The molecule has 144 valence electrons. The number of nitrogens with one attached hydrogen (secondary N) is 2. The van der Waals surface area contributed by atoms with Crippen LogP contribution < -0.4 is 10.6 Å². The Hall–Kier alpha value is -3.13. The summed E-state index contributed by atoms with van der Waals surface area (Å²) in [6, 6.07) is 10.6. The van der Waals surface area contributed by atoms with Gasteiger partial charge in [-0.25, -0.2) is 13.6 Å². The van der Waals surface area contributed by atoms with E-state index < -0.39 is 29.4 Å². The van der Waals surface area contributed by atoms with E-state index in [-0.39, 0.29) is 28.6 Å². The van der Waals surface area contributed by atoms with Crippen LogP contribution in [0.2, 0.25) is 0 Å². The Morgan fingerprint density at radius 1 is 1.14 bits per heavy atom. The van der Waals surface area contributed by atoms with E-state index in [1.165, 1.54) is 6.07 Å². The fourth-order valence-electron chi connectivity index (χ4n) is 2.92. The summed E-state index contributed by atoms with van der Waals surface area (Å²) in [6.07, 6.45) is 0. The van der Waals surface area contributed by atoms with Crippen LogP contribution in [0.1, 0.15) is 24.1 Å². The third-order valence-electron chi connectivity index (χ3n) is 4.11. The van der Waals surface area contributed by atoms with Gasteiger partial charge < -0.3 is 15.4 Å². The molecule has 0 radical (unpaired) electrons. The molecule has 0 spiro atoms. The zero-order valence-electron chi connectivity index (χ0n) is 14.8. The van der Waals surface area contributed by atoms with Crippen LogP contribution in [0.3, 0.4) is 0 Å². The monoisotopic (exact) mass is 402 g/mol. The zero-order chi connectivity index (χ0) is 20.3. The number of esters is 1. The maximum absolute atomic E-state index is 14.5. The highest BCUT2D eigenvalue weighted by Gasteiger charge is 2.37. The molecule has 0 saturated carbocycles. The average molecular weight is 402 g/mol. The predicted molar refractivity (Wildman–Crippen MR) is 103 cm³/mol. The maximum atomic E-state index is 14.5. The van der Waals surface area contributed by atoms with E-state index in [2.05, 4.69) is 10.6 Å². The lowest BCUT2D eigenvalue weighted by atomic mass is 9.89. The molecule has 0 fully saturated rings. The Balaban J connectivity index is 2.22. The van der Waals surface area contributed by atoms with Gasteiger partial charge in [-0.15, -0.1) is 0 Å². The van der Waals surface area contributed by atoms with Crippen molar-refractivity contribution in [3.63, 3.8) is 0 Å². The molecule has 0 amide bonds. The molecule has 1 aliphatic rings. The van der Waals surface area contributed by atoms with Gasteiger partial charge in [0, 0.05) is 11.6 Å². The highest BCUT2D eigenvalue weighted by atomic mass is 32.1. The first kappa shape index (κ1) is 19.6. The van der Waals surface area contributed by atoms with Crippen molar-refractivity contribution < 1.29 is 23.1 Å². The Morgan fingerprint density at radius 2 is 1.86 bits per heavy atom. The second kappa shape index (κ2) is 8.26. The Kier molecular flexibility index (Phi) is 5.79. The largest absolute Gasteiger partial charge is 0.460 e. The summed E-state index contributed by atoms with van der Waals surface area (Å²) in [6.45, 7) is 1.58. The van der Waals surface area contributed by atoms with E-state index in [1.54, 1.807) is 37.3 Å². The molecule has 0 aliphatic carbocycles. The van der Waals surface area contributed by atoms with Crippen LogP contribution in [0.5, 0.6) is 0 Å². The molecule has 28 heavy (non-hydrogen) atoms. The number of Topliss-reactive ketones (excluding diaryl/α,β-unsaturated/α-hetero) is 1. The normalized spacial score (nSPS) is 16.2. The summed E-state index contributed by atoms with van der Waals surface area (Å²) < 4.78 is 32.7. The van der Waals surface area contributed by atoms with E-state index in [0.717, 1.165) is 6.07 Å². The molecule has 1 aliphatic heterocycles. The molecule has 1 atom stereocenters. The van der Waals surface area contributed by atoms with Crippen molar-refractivity contribution in [3.05, 3.63) is 76.9 Å². The summed E-state index contributed by atoms with van der Waals surface area (Å²) in [7, 11) is 0. The third kappa shape index (κ3) is 3.91. The number of ether oxygens (including phenoxy) is 1. The molecule has 1 heterocycles. The van der Waals surface area contributed by atoms with E-state index in [9.17, 15) is 18.4 Å². The number of ketones is 1. The second-order valence-electron chi connectivity index (χ2n) is 5.90. The Morgan fingerprint density at radius 3 is 2.50 bits per heavy atom. The summed E-state index contributed by atoms with van der Waals surface area (Å²) >= 11 is 5.20. The van der Waals surface area contributed by atoms with Crippen molar-refractivity contribution in [2.75, 3.05) is 6.61 Å². The lowest BCUT2D eigenvalue weighted by Gasteiger charge is -2.31. The summed E-state index contributed by atoms with van der Waals surface area (Å²) in [4.78, 5) is 25.1. The van der Waals surface area contributed by atoms with Gasteiger partial charge in [-0.2, -0.15) is 0 Å². The van der Waals surface area contributed by atoms with Crippen molar-refractivity contribution in [1.29, 1.82) is 0 Å². The topological polar surface area (TPSA) is 67.4 Å². The van der Waals surface area contributed by atoms with Gasteiger partial charge in [0.1, 0.15) is 11.6 Å². The summed E-state index contributed by atoms with van der Waals surface area (Å²) in [5, 5.41) is 5.79. The standard InChI is InChI=1S/C20H16F2N2O3S/c1-2-27-19(26)18(25)15-16(11-6-4-3-5-7-11)23-20(28)24-17(15)13-9-8-12(21)10-14(13)22/h3-10,17H,2H2,1H3,(H2,23,24,28)/t17-/m0/s1. The molecule has 2 aromatic carbocycles. The van der Waals surface area contributed by atoms with Crippen LogP contribution in [-0.4, -0.2) is 23.5 Å². The zero-order valence-corrected chi connectivity index (χ0v) is 15.6. The van der Waals surface area contributed by atoms with Crippen LogP contribution in [0.15, 0.2) is 54.1 Å². The molecule has 5 nitrogen and oxygen atoms in total. The van der Waals surface area contributed by atoms with Gasteiger partial charge in [0.15, 0.2) is 5.11 Å². The number of hydrogen-bond acceptors (Lipinski definition) is 4. The lowest BCUT2D eigenvalue weighted by Crippen LogP contribution is -2.46. The third-order valence-corrected chi connectivity index (χ3v) is 4.33. The Bertz CT molecular complexity index is 977. The molecule has 0 aromatic heterocycles. The van der Waals surface area contributed by atoms with Gasteiger partial charge >= 0.3 is 5.97 Å². The molecule has 0 unspecified atom stereocenters. The van der Waals surface area contributed by atoms with Crippen LogP contribution >= 0.6 is 12.2 Å². The highest BCUT2D eigenvalue weighted by Crippen LogP contribution is 2.33. The average Bonchev–Trinajstić information content (AvgIpc) is 2.67. The van der Waals surface area contributed by atoms with E-state index in [0.29, 0.717) is 11.6 Å². The number of rotatable bonds is 5. The summed E-state index contributed by atoms with van der Waals surface area (Å²) in [5.41, 5.74) is 0.748. The fraction of sp³-hybridized carbons (Fsp3) is 0.150. The van der Waals surface area contributed by atoms with Gasteiger partial charge in [0.25, 0.3) is 5.78 Å². The van der Waals surface area contributed by atoms with Gasteiger partial charge in [-0.05, 0) is 30.8 Å². The van der Waals surface area contributed by atoms with Crippen LogP contribution in [0, 0.1) is 11.6 Å². The molecular formula is C20H16F2N2O3S. The Labute approximate surface area is 165 Å². The van der Waals surface area contributed by atoms with E-state index in [1.807, 2.05) is 0 Å². The molecule has 2 aromatic rings. The van der Waals surface area contributed by atoms with Crippen molar-refractivity contribution in [3.8, 4) is 0 Å². The van der Waals surface area contributed by atoms with Gasteiger partial charge in [0.05, 0.1) is 23.9 Å². The minimum absolute atomic E-state index is 0.00731. The molecular weight excluding hydrogens is 386 g/mol. The van der Waals surface area contributed by atoms with Crippen molar-refractivity contribution in [2.24, 2.45) is 0 Å². The van der Waals surface area contributed by atoms with Crippen molar-refractivity contribution in [1.82, 2.24) is 10.6 Å². The first-order chi connectivity index (χ1) is 13.4. The van der Waals surface area contributed by atoms with Gasteiger partial charge in [0.2, 0.25) is 0 Å². The van der Waals surface area contributed by atoms with E-state index >= 15 is 0 Å². The van der Waals surface area contributed by atoms with Crippen molar-refractivity contribution >= 4 is 34.8 Å². The molecule has 8 heteroatoms. The lowest BCUT2D eigenvalue weighted by molar-refractivity contribution is -0.151. The minimum atomic E-state index is -1.10. The van der Waals surface area contributed by atoms with Crippen LogP contribution in [0.4, 0.5) is 8.78 Å². The molecule has 3 rings (SSSR count). The first-order valence-electron chi connectivity index (χ1n) is 8.45. The summed E-state index contributed by atoms with van der Waals surface area (Å²) in [5.74, 6) is -3.65. The van der Waals surface area contributed by atoms with Gasteiger partial charge in [-0.3, -0.25) is 4.79 Å².